The minimum atomic E-state index is -5.65. The molecule has 0 radical (unpaired) electrons. The summed E-state index contributed by atoms with van der Waals surface area (Å²) in [6.45, 7) is 0. The van der Waals surface area contributed by atoms with Gasteiger partial charge in [-0.25, -0.2) is 0 Å². The van der Waals surface area contributed by atoms with Crippen molar-refractivity contribution in [1.29, 1.82) is 0 Å². The zero-order valence-electron chi connectivity index (χ0n) is 8.18. The molecule has 0 aliphatic carbocycles. The first-order valence-corrected chi connectivity index (χ1v) is 5.79. The number of hydrogen-bond donors (Lipinski definition) is 0. The Hall–Kier alpha value is -1.70. The second-order valence-electron chi connectivity index (χ2n) is 3.17. The van der Waals surface area contributed by atoms with Crippen LogP contribution in [0.1, 0.15) is 0 Å². The summed E-state index contributed by atoms with van der Waals surface area (Å²) >= 11 is 0. The summed E-state index contributed by atoms with van der Waals surface area (Å²) in [5.41, 5.74) is -5.21. The fourth-order valence-corrected chi connectivity index (χ4v) is 1.70. The predicted molar refractivity (Wildman–Crippen MR) is 53.5 cm³/mol. The standard InChI is InChI=1S/C9H6F3NO3S/c10-9(11,12)17(14,15)16-13-6-5-7-3-1-2-4-8(7)13/h1-6H. The van der Waals surface area contributed by atoms with E-state index in [4.69, 9.17) is 0 Å². The van der Waals surface area contributed by atoms with Crippen LogP contribution in [-0.4, -0.2) is 18.7 Å². The molecule has 1 heterocycles. The van der Waals surface area contributed by atoms with Crippen molar-refractivity contribution in [3.05, 3.63) is 36.5 Å². The Morgan fingerprint density at radius 3 is 2.41 bits per heavy atom. The van der Waals surface area contributed by atoms with E-state index >= 15 is 0 Å². The van der Waals surface area contributed by atoms with E-state index in [0.29, 0.717) is 10.1 Å². The molecule has 92 valence electrons. The fraction of sp³-hybridized carbons (Fsp3) is 0.111. The first-order chi connectivity index (χ1) is 7.81. The van der Waals surface area contributed by atoms with Crippen LogP contribution in [0.25, 0.3) is 10.9 Å². The molecule has 0 atom stereocenters. The smallest absolute Gasteiger partial charge is 0.281 e. The lowest BCUT2D eigenvalue weighted by atomic mass is 10.3. The Morgan fingerprint density at radius 1 is 1.12 bits per heavy atom. The number of hydrogen-bond acceptors (Lipinski definition) is 3. The summed E-state index contributed by atoms with van der Waals surface area (Å²) in [5.74, 6) is 0. The predicted octanol–water partition coefficient (Wildman–Crippen LogP) is 1.92. The van der Waals surface area contributed by atoms with Gasteiger partial charge in [0.05, 0.1) is 5.52 Å². The average Bonchev–Trinajstić information content (AvgIpc) is 2.60. The van der Waals surface area contributed by atoms with Crippen molar-refractivity contribution in [2.75, 3.05) is 0 Å². The molecule has 2 aromatic rings. The van der Waals surface area contributed by atoms with E-state index in [1.54, 1.807) is 18.2 Å². The van der Waals surface area contributed by atoms with Gasteiger partial charge in [0.15, 0.2) is 0 Å². The van der Waals surface area contributed by atoms with Gasteiger partial charge in [-0.2, -0.15) is 26.3 Å². The summed E-state index contributed by atoms with van der Waals surface area (Å²) in [5, 5.41) is 0.574. The molecule has 1 aromatic heterocycles. The van der Waals surface area contributed by atoms with Gasteiger partial charge in [0.1, 0.15) is 0 Å². The van der Waals surface area contributed by atoms with Gasteiger partial charge in [-0.3, -0.25) is 4.28 Å². The van der Waals surface area contributed by atoms with Crippen LogP contribution in [0.15, 0.2) is 36.5 Å². The van der Waals surface area contributed by atoms with Crippen molar-refractivity contribution < 1.29 is 25.9 Å². The molecule has 2 rings (SSSR count). The van der Waals surface area contributed by atoms with Crippen molar-refractivity contribution in [1.82, 2.24) is 4.73 Å². The second kappa shape index (κ2) is 3.66. The van der Waals surface area contributed by atoms with Gasteiger partial charge in [-0.15, -0.1) is 0 Å². The number of halogens is 3. The Bertz CT molecular complexity index is 645. The maximum atomic E-state index is 12.1. The van der Waals surface area contributed by atoms with Crippen molar-refractivity contribution in [3.63, 3.8) is 0 Å². The van der Waals surface area contributed by atoms with Crippen molar-refractivity contribution in [2.45, 2.75) is 5.51 Å². The van der Waals surface area contributed by atoms with Crippen molar-refractivity contribution in [2.24, 2.45) is 0 Å². The van der Waals surface area contributed by atoms with Crippen molar-refractivity contribution >= 4 is 21.0 Å². The Labute approximate surface area is 94.3 Å². The van der Waals surface area contributed by atoms with Crippen LogP contribution >= 0.6 is 0 Å². The molecule has 0 aliphatic rings. The molecule has 0 N–H and O–H groups in total. The molecule has 0 saturated carbocycles. The first kappa shape index (κ1) is 11.8. The molecule has 0 spiro atoms. The third kappa shape index (κ3) is 2.07. The van der Waals surface area contributed by atoms with Gasteiger partial charge in [0.25, 0.3) is 0 Å². The van der Waals surface area contributed by atoms with E-state index in [1.807, 2.05) is 0 Å². The van der Waals surface area contributed by atoms with Crippen LogP contribution < -0.4 is 4.28 Å². The molecular weight excluding hydrogens is 259 g/mol. The first-order valence-electron chi connectivity index (χ1n) is 4.38. The lowest BCUT2D eigenvalue weighted by molar-refractivity contribution is -0.0543. The zero-order chi connectivity index (χ0) is 12.7. The number of benzene rings is 1. The van der Waals surface area contributed by atoms with Crippen LogP contribution in [0, 0.1) is 0 Å². The maximum Gasteiger partial charge on any atom is 0.536 e. The van der Waals surface area contributed by atoms with E-state index in [9.17, 15) is 21.6 Å². The van der Waals surface area contributed by atoms with E-state index < -0.39 is 15.6 Å². The molecule has 17 heavy (non-hydrogen) atoms. The highest BCUT2D eigenvalue weighted by atomic mass is 32.2. The molecular formula is C9H6F3NO3S. The highest BCUT2D eigenvalue weighted by Crippen LogP contribution is 2.24. The van der Waals surface area contributed by atoms with Crippen LogP contribution in [-0.2, 0) is 10.1 Å². The largest absolute Gasteiger partial charge is 0.536 e. The third-order valence-electron chi connectivity index (χ3n) is 2.03. The normalized spacial score (nSPS) is 12.9. The number of nitrogens with zero attached hydrogens (tertiary/aromatic N) is 1. The van der Waals surface area contributed by atoms with Crippen LogP contribution in [0.4, 0.5) is 13.2 Å². The van der Waals surface area contributed by atoms with Gasteiger partial charge in [-0.1, -0.05) is 18.2 Å². The molecule has 0 aliphatic heterocycles. The number of alkyl halides is 3. The summed E-state index contributed by atoms with van der Waals surface area (Å²) in [4.78, 5) is 0. The highest BCUT2D eigenvalue weighted by Gasteiger charge is 2.49. The lowest BCUT2D eigenvalue weighted by Gasteiger charge is -2.10. The number of aromatic nitrogens is 1. The molecule has 1 aromatic carbocycles. The SMILES string of the molecule is O=S(=O)(On1ccc2ccccc21)C(F)(F)F. The third-order valence-corrected chi connectivity index (χ3v) is 2.95. The number of para-hydroxylation sites is 1. The Kier molecular flexibility index (Phi) is 2.53. The monoisotopic (exact) mass is 265 g/mol. The summed E-state index contributed by atoms with van der Waals surface area (Å²) < 4.78 is 62.4. The minimum absolute atomic E-state index is 0.236. The van der Waals surface area contributed by atoms with Gasteiger partial charge < -0.3 is 0 Å². The minimum Gasteiger partial charge on any atom is -0.281 e. The second-order valence-corrected chi connectivity index (χ2v) is 4.69. The molecule has 8 heteroatoms. The molecule has 0 fully saturated rings. The Balaban J connectivity index is 2.44. The van der Waals surface area contributed by atoms with Crippen LogP contribution in [0.2, 0.25) is 0 Å². The van der Waals surface area contributed by atoms with Gasteiger partial charge in [0.2, 0.25) is 0 Å². The van der Waals surface area contributed by atoms with E-state index in [1.165, 1.54) is 12.1 Å². The molecule has 0 unspecified atom stereocenters. The maximum absolute atomic E-state index is 12.1. The molecule has 0 amide bonds. The quantitative estimate of drug-likeness (QED) is 0.779. The number of fused-ring (bicyclic) bond motifs is 1. The fourth-order valence-electron chi connectivity index (χ4n) is 1.27. The highest BCUT2D eigenvalue weighted by molar-refractivity contribution is 7.87. The molecule has 0 saturated heterocycles. The average molecular weight is 265 g/mol. The van der Waals surface area contributed by atoms with E-state index in [2.05, 4.69) is 4.28 Å². The van der Waals surface area contributed by atoms with E-state index in [-0.39, 0.29) is 5.52 Å². The van der Waals surface area contributed by atoms with Crippen molar-refractivity contribution in [3.8, 4) is 0 Å². The van der Waals surface area contributed by atoms with Gasteiger partial charge >= 0.3 is 15.6 Å². The zero-order valence-corrected chi connectivity index (χ0v) is 8.99. The number of rotatable bonds is 2. The van der Waals surface area contributed by atoms with Crippen LogP contribution in [0.3, 0.4) is 0 Å². The lowest BCUT2D eigenvalue weighted by Crippen LogP contribution is -2.32. The molecule has 4 nitrogen and oxygen atoms in total. The Morgan fingerprint density at radius 2 is 1.76 bits per heavy atom. The molecule has 0 bridgehead atoms. The summed E-state index contributed by atoms with van der Waals surface area (Å²) in [6.07, 6.45) is 1.11. The van der Waals surface area contributed by atoms with Crippen LogP contribution in [0.5, 0.6) is 0 Å². The summed E-state index contributed by atoms with van der Waals surface area (Å²) in [6, 6.07) is 7.74. The topological polar surface area (TPSA) is 48.3 Å². The van der Waals surface area contributed by atoms with Gasteiger partial charge in [-0.05, 0) is 12.1 Å². The van der Waals surface area contributed by atoms with Gasteiger partial charge in [0, 0.05) is 11.6 Å². The summed E-state index contributed by atoms with van der Waals surface area (Å²) in [7, 11) is -5.65. The van der Waals surface area contributed by atoms with E-state index in [0.717, 1.165) is 6.20 Å².